The lowest BCUT2D eigenvalue weighted by atomic mass is 10.1. The Hall–Kier alpha value is -1.90. The number of rotatable bonds is 7. The number of amides is 1. The third-order valence-corrected chi connectivity index (χ3v) is 7.54. The molecular weight excluding hydrogens is 384 g/mol. The van der Waals surface area contributed by atoms with Crippen LogP contribution in [0.1, 0.15) is 25.3 Å². The minimum atomic E-state index is -3.47. The molecule has 1 fully saturated rings. The summed E-state index contributed by atoms with van der Waals surface area (Å²) in [6.07, 6.45) is 2.16. The Labute approximate surface area is 164 Å². The van der Waals surface area contributed by atoms with Gasteiger partial charge in [0.25, 0.3) is 5.91 Å². The Balaban J connectivity index is 1.45. The molecule has 8 heteroatoms. The summed E-state index contributed by atoms with van der Waals surface area (Å²) in [5.74, 6) is 0.605. The number of carbonyl (C=O) groups is 1. The number of likely N-dealkylation sites (tertiary alicyclic amines) is 1. The van der Waals surface area contributed by atoms with E-state index in [4.69, 9.17) is 4.74 Å². The maximum absolute atomic E-state index is 12.3. The highest BCUT2D eigenvalue weighted by atomic mass is 32.2. The normalized spacial score (nSPS) is 15.7. The molecule has 1 aliphatic heterocycles. The Bertz CT molecular complexity index is 840. The lowest BCUT2D eigenvalue weighted by Crippen LogP contribution is -2.47. The summed E-state index contributed by atoms with van der Waals surface area (Å²) in [5.41, 5.74) is 1.22. The molecule has 1 saturated heterocycles. The fourth-order valence-electron chi connectivity index (χ4n) is 3.00. The number of hydrogen-bond donors (Lipinski definition) is 1. The van der Waals surface area contributed by atoms with Crippen molar-refractivity contribution in [1.82, 2.24) is 9.62 Å². The quantitative estimate of drug-likeness (QED) is 0.764. The van der Waals surface area contributed by atoms with Crippen molar-refractivity contribution in [3.63, 3.8) is 0 Å². The van der Waals surface area contributed by atoms with E-state index in [1.165, 1.54) is 16.9 Å². The molecule has 1 aromatic heterocycles. The monoisotopic (exact) mass is 408 g/mol. The van der Waals surface area contributed by atoms with E-state index in [1.54, 1.807) is 22.4 Å². The molecule has 3 rings (SSSR count). The van der Waals surface area contributed by atoms with E-state index in [0.29, 0.717) is 35.9 Å². The third-order valence-electron chi connectivity index (χ3n) is 4.62. The average Bonchev–Trinajstić information content (AvgIpc) is 3.23. The standard InChI is InChI=1S/C19H24N2O4S2/c1-2-15-5-7-17(8-6-15)25-14-18(22)21-11-9-16(10-12-21)20-27(23,24)19-4-3-13-26-19/h3-8,13,16,20H,2,9-12,14H2,1H3. The van der Waals surface area contributed by atoms with Crippen LogP contribution in [0.4, 0.5) is 0 Å². The zero-order valence-electron chi connectivity index (χ0n) is 15.3. The number of nitrogens with zero attached hydrogens (tertiary/aromatic N) is 1. The number of ether oxygens (including phenoxy) is 1. The molecule has 1 amide bonds. The summed E-state index contributed by atoms with van der Waals surface area (Å²) < 4.78 is 33.2. The molecule has 0 saturated carbocycles. The van der Waals surface area contributed by atoms with E-state index in [9.17, 15) is 13.2 Å². The summed E-state index contributed by atoms with van der Waals surface area (Å²) >= 11 is 1.20. The number of sulfonamides is 1. The maximum atomic E-state index is 12.3. The lowest BCUT2D eigenvalue weighted by molar-refractivity contribution is -0.134. The highest BCUT2D eigenvalue weighted by Gasteiger charge is 2.27. The van der Waals surface area contributed by atoms with Crippen LogP contribution >= 0.6 is 11.3 Å². The molecule has 2 heterocycles. The first-order chi connectivity index (χ1) is 13.0. The van der Waals surface area contributed by atoms with Gasteiger partial charge in [0.1, 0.15) is 9.96 Å². The van der Waals surface area contributed by atoms with Gasteiger partial charge in [-0.1, -0.05) is 25.1 Å². The fourth-order valence-corrected chi connectivity index (χ4v) is 5.31. The van der Waals surface area contributed by atoms with Gasteiger partial charge in [-0.3, -0.25) is 4.79 Å². The third kappa shape index (κ3) is 5.31. The minimum Gasteiger partial charge on any atom is -0.484 e. The van der Waals surface area contributed by atoms with E-state index in [-0.39, 0.29) is 18.6 Å². The second kappa shape index (κ2) is 8.86. The van der Waals surface area contributed by atoms with Gasteiger partial charge >= 0.3 is 0 Å². The van der Waals surface area contributed by atoms with E-state index >= 15 is 0 Å². The van der Waals surface area contributed by atoms with Gasteiger partial charge in [-0.15, -0.1) is 11.3 Å². The first-order valence-corrected chi connectivity index (χ1v) is 11.4. The van der Waals surface area contributed by atoms with Crippen LogP contribution in [0, 0.1) is 0 Å². The number of hydrogen-bond acceptors (Lipinski definition) is 5. The van der Waals surface area contributed by atoms with E-state index in [0.717, 1.165) is 6.42 Å². The topological polar surface area (TPSA) is 75.7 Å². The minimum absolute atomic E-state index is 0.00292. The number of benzene rings is 1. The molecule has 2 aromatic rings. The van der Waals surface area contributed by atoms with Crippen LogP contribution in [0.15, 0.2) is 46.0 Å². The fraction of sp³-hybridized carbons (Fsp3) is 0.421. The van der Waals surface area contributed by atoms with E-state index in [2.05, 4.69) is 11.6 Å². The number of aryl methyl sites for hydroxylation is 1. The molecule has 27 heavy (non-hydrogen) atoms. The summed E-state index contributed by atoms with van der Waals surface area (Å²) in [5, 5.41) is 1.74. The predicted octanol–water partition coefficient (Wildman–Crippen LogP) is 2.66. The van der Waals surface area contributed by atoms with Crippen molar-refractivity contribution in [3.8, 4) is 5.75 Å². The van der Waals surface area contributed by atoms with Crippen molar-refractivity contribution in [2.24, 2.45) is 0 Å². The first kappa shape index (κ1) is 19.9. The number of carbonyl (C=O) groups excluding carboxylic acids is 1. The second-order valence-electron chi connectivity index (χ2n) is 6.49. The van der Waals surface area contributed by atoms with Crippen molar-refractivity contribution in [2.45, 2.75) is 36.4 Å². The molecule has 0 aliphatic carbocycles. The largest absolute Gasteiger partial charge is 0.484 e. The Kier molecular flexibility index (Phi) is 6.51. The highest BCUT2D eigenvalue weighted by molar-refractivity contribution is 7.91. The van der Waals surface area contributed by atoms with Crippen LogP contribution in [0.25, 0.3) is 0 Å². The zero-order chi connectivity index (χ0) is 19.3. The van der Waals surface area contributed by atoms with Gasteiger partial charge in [-0.05, 0) is 48.4 Å². The van der Waals surface area contributed by atoms with Gasteiger partial charge in [-0.2, -0.15) is 0 Å². The number of piperidine rings is 1. The lowest BCUT2D eigenvalue weighted by Gasteiger charge is -2.32. The van der Waals surface area contributed by atoms with Crippen molar-refractivity contribution < 1.29 is 17.9 Å². The van der Waals surface area contributed by atoms with Crippen LogP contribution in [-0.4, -0.2) is 45.0 Å². The van der Waals surface area contributed by atoms with Crippen molar-refractivity contribution >= 4 is 27.3 Å². The van der Waals surface area contributed by atoms with Gasteiger partial charge in [0, 0.05) is 19.1 Å². The second-order valence-corrected chi connectivity index (χ2v) is 9.38. The molecule has 1 aromatic carbocycles. The number of nitrogens with one attached hydrogen (secondary N) is 1. The molecule has 0 radical (unpaired) electrons. The zero-order valence-corrected chi connectivity index (χ0v) is 16.9. The van der Waals surface area contributed by atoms with Gasteiger partial charge in [-0.25, -0.2) is 13.1 Å². The summed E-state index contributed by atoms with van der Waals surface area (Å²) in [6, 6.07) is 10.9. The van der Waals surface area contributed by atoms with Crippen LogP contribution < -0.4 is 9.46 Å². The SMILES string of the molecule is CCc1ccc(OCC(=O)N2CCC(NS(=O)(=O)c3cccs3)CC2)cc1. The average molecular weight is 409 g/mol. The van der Waals surface area contributed by atoms with Gasteiger partial charge in [0.2, 0.25) is 10.0 Å². The predicted molar refractivity (Wildman–Crippen MR) is 106 cm³/mol. The van der Waals surface area contributed by atoms with Gasteiger partial charge in [0.15, 0.2) is 6.61 Å². The summed E-state index contributed by atoms with van der Waals surface area (Å²) in [7, 11) is -3.47. The smallest absolute Gasteiger partial charge is 0.260 e. The maximum Gasteiger partial charge on any atom is 0.260 e. The Morgan fingerprint density at radius 2 is 1.93 bits per heavy atom. The molecule has 0 atom stereocenters. The molecular formula is C19H24N2O4S2. The van der Waals surface area contributed by atoms with Crippen LogP contribution in [0.3, 0.4) is 0 Å². The molecule has 0 spiro atoms. The molecule has 1 aliphatic rings. The molecule has 0 unspecified atom stereocenters. The highest BCUT2D eigenvalue weighted by Crippen LogP contribution is 2.19. The van der Waals surface area contributed by atoms with Crippen LogP contribution in [0.5, 0.6) is 5.75 Å². The van der Waals surface area contributed by atoms with E-state index in [1.807, 2.05) is 24.3 Å². The van der Waals surface area contributed by atoms with E-state index < -0.39 is 10.0 Å². The molecule has 1 N–H and O–H groups in total. The molecule has 146 valence electrons. The van der Waals surface area contributed by atoms with Crippen molar-refractivity contribution in [3.05, 3.63) is 47.3 Å². The van der Waals surface area contributed by atoms with Gasteiger partial charge in [0.05, 0.1) is 0 Å². The summed E-state index contributed by atoms with van der Waals surface area (Å²) in [4.78, 5) is 14.1. The Morgan fingerprint density at radius 3 is 2.52 bits per heavy atom. The Morgan fingerprint density at radius 1 is 1.22 bits per heavy atom. The van der Waals surface area contributed by atoms with Crippen LogP contribution in [0.2, 0.25) is 0 Å². The number of thiophene rings is 1. The molecule has 0 bridgehead atoms. The summed E-state index contributed by atoms with van der Waals surface area (Å²) in [6.45, 7) is 3.13. The van der Waals surface area contributed by atoms with Crippen molar-refractivity contribution in [2.75, 3.05) is 19.7 Å². The molecule has 6 nitrogen and oxygen atoms in total. The first-order valence-electron chi connectivity index (χ1n) is 9.03. The van der Waals surface area contributed by atoms with Gasteiger partial charge < -0.3 is 9.64 Å². The van der Waals surface area contributed by atoms with Crippen molar-refractivity contribution in [1.29, 1.82) is 0 Å². The van der Waals surface area contributed by atoms with Crippen LogP contribution in [-0.2, 0) is 21.2 Å².